The normalized spacial score (nSPS) is 17.6. The van der Waals surface area contributed by atoms with Gasteiger partial charge in [0.15, 0.2) is 11.5 Å². The molecule has 2 heterocycles. The molecule has 2 aliphatic rings. The number of quaternary nitrogens is 1. The zero-order valence-electron chi connectivity index (χ0n) is 17.0. The van der Waals surface area contributed by atoms with Crippen molar-refractivity contribution in [2.24, 2.45) is 0 Å². The van der Waals surface area contributed by atoms with E-state index in [1.54, 1.807) is 10.4 Å². The summed E-state index contributed by atoms with van der Waals surface area (Å²) in [5, 5.41) is 10.3. The lowest BCUT2D eigenvalue weighted by molar-refractivity contribution is -0.917. The molecule has 2 aromatic carbocycles. The molecule has 29 heavy (non-hydrogen) atoms. The molecule has 156 valence electrons. The molecular formula is C21H27N2O5S+. The van der Waals surface area contributed by atoms with Crippen molar-refractivity contribution >= 4 is 10.0 Å². The fourth-order valence-corrected chi connectivity index (χ4v) is 6.16. The van der Waals surface area contributed by atoms with E-state index in [2.05, 4.69) is 0 Å². The summed E-state index contributed by atoms with van der Waals surface area (Å²) in [4.78, 5) is 1.66. The van der Waals surface area contributed by atoms with Crippen molar-refractivity contribution in [3.63, 3.8) is 0 Å². The van der Waals surface area contributed by atoms with Gasteiger partial charge in [-0.1, -0.05) is 17.7 Å². The number of fused-ring (bicyclic) bond motifs is 1. The SMILES string of the molecule is Cc1cc(C)c(S(=O)(=O)N2CC[NH+](Cc3cc4c(cc3O)OCO4)CC2)c(C)c1. The zero-order valence-corrected chi connectivity index (χ0v) is 17.8. The third kappa shape index (κ3) is 3.80. The lowest BCUT2D eigenvalue weighted by Gasteiger charge is -2.32. The third-order valence-electron chi connectivity index (χ3n) is 5.65. The highest BCUT2D eigenvalue weighted by Gasteiger charge is 2.33. The van der Waals surface area contributed by atoms with E-state index in [9.17, 15) is 13.5 Å². The van der Waals surface area contributed by atoms with Gasteiger partial charge in [0, 0.05) is 6.07 Å². The molecule has 7 nitrogen and oxygen atoms in total. The van der Waals surface area contributed by atoms with E-state index < -0.39 is 10.0 Å². The van der Waals surface area contributed by atoms with Crippen LogP contribution in [-0.4, -0.2) is 50.8 Å². The maximum absolute atomic E-state index is 13.2. The Morgan fingerprint density at radius 1 is 1.00 bits per heavy atom. The van der Waals surface area contributed by atoms with Crippen LogP contribution in [0.25, 0.3) is 0 Å². The van der Waals surface area contributed by atoms with Crippen LogP contribution in [0.2, 0.25) is 0 Å². The van der Waals surface area contributed by atoms with Crippen LogP contribution in [0.1, 0.15) is 22.3 Å². The maximum atomic E-state index is 13.2. The van der Waals surface area contributed by atoms with Crippen LogP contribution in [-0.2, 0) is 16.6 Å². The maximum Gasteiger partial charge on any atom is 0.244 e. The van der Waals surface area contributed by atoms with E-state index in [0.717, 1.165) is 22.3 Å². The van der Waals surface area contributed by atoms with Gasteiger partial charge in [-0.3, -0.25) is 0 Å². The van der Waals surface area contributed by atoms with E-state index in [0.29, 0.717) is 49.1 Å². The Bertz CT molecular complexity index is 1020. The summed E-state index contributed by atoms with van der Waals surface area (Å²) in [6.45, 7) is 8.73. The highest BCUT2D eigenvalue weighted by Crippen LogP contribution is 2.37. The lowest BCUT2D eigenvalue weighted by Crippen LogP contribution is -3.13. The number of piperazine rings is 1. The van der Waals surface area contributed by atoms with Gasteiger partial charge in [-0.25, -0.2) is 8.42 Å². The first-order chi connectivity index (χ1) is 13.8. The Labute approximate surface area is 171 Å². The highest BCUT2D eigenvalue weighted by molar-refractivity contribution is 7.89. The quantitative estimate of drug-likeness (QED) is 0.777. The van der Waals surface area contributed by atoms with Crippen LogP contribution < -0.4 is 14.4 Å². The number of aryl methyl sites for hydroxylation is 3. The lowest BCUT2D eigenvalue weighted by atomic mass is 10.1. The first-order valence-corrected chi connectivity index (χ1v) is 11.2. The minimum atomic E-state index is -3.52. The molecule has 0 saturated carbocycles. The molecule has 8 heteroatoms. The average Bonchev–Trinajstić information content (AvgIpc) is 3.08. The second-order valence-corrected chi connectivity index (χ2v) is 9.77. The number of benzene rings is 2. The number of hydrogen-bond acceptors (Lipinski definition) is 5. The molecule has 1 fully saturated rings. The molecule has 0 amide bonds. The number of phenolic OH excluding ortho intramolecular Hbond substituents is 1. The van der Waals surface area contributed by atoms with Crippen LogP contribution in [0.3, 0.4) is 0 Å². The fourth-order valence-electron chi connectivity index (χ4n) is 4.31. The number of rotatable bonds is 4. The molecule has 2 N–H and O–H groups in total. The fraction of sp³-hybridized carbons (Fsp3) is 0.429. The number of sulfonamides is 1. The molecule has 2 aromatic rings. The van der Waals surface area contributed by atoms with Crippen molar-refractivity contribution in [2.75, 3.05) is 33.0 Å². The van der Waals surface area contributed by atoms with Crippen LogP contribution in [0.15, 0.2) is 29.2 Å². The summed E-state index contributed by atoms with van der Waals surface area (Å²) in [5.74, 6) is 1.38. The Kier molecular flexibility index (Phi) is 5.18. The Balaban J connectivity index is 1.46. The van der Waals surface area contributed by atoms with Crippen molar-refractivity contribution in [2.45, 2.75) is 32.2 Å². The first-order valence-electron chi connectivity index (χ1n) is 9.79. The van der Waals surface area contributed by atoms with Gasteiger partial charge in [0.25, 0.3) is 0 Å². The monoisotopic (exact) mass is 419 g/mol. The zero-order chi connectivity index (χ0) is 20.8. The summed E-state index contributed by atoms with van der Waals surface area (Å²) in [7, 11) is -3.52. The predicted octanol–water partition coefficient (Wildman–Crippen LogP) is 1.14. The van der Waals surface area contributed by atoms with Gasteiger partial charge in [-0.2, -0.15) is 4.31 Å². The molecule has 0 aliphatic carbocycles. The van der Waals surface area contributed by atoms with Crippen LogP contribution in [0, 0.1) is 20.8 Å². The van der Waals surface area contributed by atoms with E-state index >= 15 is 0 Å². The van der Waals surface area contributed by atoms with Gasteiger partial charge < -0.3 is 19.5 Å². The Morgan fingerprint density at radius 2 is 1.59 bits per heavy atom. The number of phenols is 1. The van der Waals surface area contributed by atoms with Gasteiger partial charge >= 0.3 is 0 Å². The number of hydrogen-bond donors (Lipinski definition) is 2. The first kappa shape index (κ1) is 20.0. The number of nitrogens with one attached hydrogen (secondary N) is 1. The van der Waals surface area contributed by atoms with E-state index in [1.165, 1.54) is 4.90 Å². The summed E-state index contributed by atoms with van der Waals surface area (Å²) >= 11 is 0. The van der Waals surface area contributed by atoms with Gasteiger partial charge in [-0.05, 0) is 38.0 Å². The molecule has 0 radical (unpaired) electrons. The van der Waals surface area contributed by atoms with Gasteiger partial charge in [0.1, 0.15) is 12.3 Å². The highest BCUT2D eigenvalue weighted by atomic mass is 32.2. The summed E-state index contributed by atoms with van der Waals surface area (Å²) in [6.07, 6.45) is 0. The van der Waals surface area contributed by atoms with E-state index in [-0.39, 0.29) is 12.5 Å². The minimum absolute atomic E-state index is 0.166. The van der Waals surface area contributed by atoms with Crippen molar-refractivity contribution in [1.29, 1.82) is 0 Å². The molecule has 0 aromatic heterocycles. The Hall–Kier alpha value is -2.29. The van der Waals surface area contributed by atoms with Crippen molar-refractivity contribution < 1.29 is 27.9 Å². The van der Waals surface area contributed by atoms with Crippen LogP contribution >= 0.6 is 0 Å². The van der Waals surface area contributed by atoms with Gasteiger partial charge in [0.2, 0.25) is 16.8 Å². The molecule has 0 atom stereocenters. The number of nitrogens with zero attached hydrogens (tertiary/aromatic N) is 1. The second-order valence-electron chi connectivity index (χ2n) is 7.89. The summed E-state index contributed by atoms with van der Waals surface area (Å²) in [5.41, 5.74) is 3.44. The number of ether oxygens (including phenoxy) is 2. The minimum Gasteiger partial charge on any atom is -0.507 e. The second kappa shape index (κ2) is 7.51. The summed E-state index contributed by atoms with van der Waals surface area (Å²) in [6, 6.07) is 7.24. The summed E-state index contributed by atoms with van der Waals surface area (Å²) < 4.78 is 38.7. The van der Waals surface area contributed by atoms with Crippen molar-refractivity contribution in [1.82, 2.24) is 4.31 Å². The molecule has 0 unspecified atom stereocenters. The standard InChI is InChI=1S/C21H26N2O5S/c1-14-8-15(2)21(16(3)9-14)29(25,26)23-6-4-22(5-7-23)12-17-10-19-20(11-18(17)24)28-13-27-19/h8-11,24H,4-7,12-13H2,1-3H3/p+1. The molecular weight excluding hydrogens is 392 g/mol. The topological polar surface area (TPSA) is 80.5 Å². The molecule has 2 aliphatic heterocycles. The van der Waals surface area contributed by atoms with Gasteiger partial charge in [0.05, 0.1) is 36.6 Å². The largest absolute Gasteiger partial charge is 0.507 e. The van der Waals surface area contributed by atoms with Crippen molar-refractivity contribution in [3.8, 4) is 17.2 Å². The third-order valence-corrected chi connectivity index (χ3v) is 7.85. The molecule has 0 spiro atoms. The number of aromatic hydroxyl groups is 1. The van der Waals surface area contributed by atoms with Crippen LogP contribution in [0.5, 0.6) is 17.2 Å². The smallest absolute Gasteiger partial charge is 0.244 e. The van der Waals surface area contributed by atoms with Crippen molar-refractivity contribution in [3.05, 3.63) is 46.5 Å². The van der Waals surface area contributed by atoms with E-state index in [1.807, 2.05) is 39.0 Å². The molecule has 0 bridgehead atoms. The van der Waals surface area contributed by atoms with E-state index in [4.69, 9.17) is 9.47 Å². The van der Waals surface area contributed by atoms with Crippen LogP contribution in [0.4, 0.5) is 0 Å². The molecule has 4 rings (SSSR count). The molecule has 1 saturated heterocycles. The average molecular weight is 420 g/mol. The predicted molar refractivity (Wildman–Crippen MR) is 108 cm³/mol. The Morgan fingerprint density at radius 3 is 2.21 bits per heavy atom. The van der Waals surface area contributed by atoms with Gasteiger partial charge in [-0.15, -0.1) is 0 Å².